The first-order valence-corrected chi connectivity index (χ1v) is 6.19. The van der Waals surface area contributed by atoms with Crippen molar-refractivity contribution in [2.24, 2.45) is 17.8 Å². The van der Waals surface area contributed by atoms with Crippen LogP contribution in [0, 0.1) is 17.8 Å². The smallest absolute Gasteiger partial charge is 0.000439 e. The Bertz CT molecular complexity index is 165. The predicted octanol–water partition coefficient (Wildman–Crippen LogP) is 1.57. The third-order valence-corrected chi connectivity index (χ3v) is 3.74. The molecule has 2 rings (SSSR count). The lowest BCUT2D eigenvalue weighted by Crippen LogP contribution is -2.29. The molecule has 2 aliphatic rings. The molecule has 0 radical (unpaired) electrons. The molecule has 0 spiro atoms. The molecule has 0 aromatic carbocycles. The van der Waals surface area contributed by atoms with Gasteiger partial charge in [0, 0.05) is 6.54 Å². The maximum atomic E-state index is 3.53. The minimum absolute atomic E-state index is 0.825. The van der Waals surface area contributed by atoms with Crippen LogP contribution in [0.15, 0.2) is 0 Å². The third kappa shape index (κ3) is 2.48. The van der Waals surface area contributed by atoms with E-state index in [1.54, 1.807) is 0 Å². The van der Waals surface area contributed by atoms with Crippen molar-refractivity contribution in [3.63, 3.8) is 0 Å². The van der Waals surface area contributed by atoms with Gasteiger partial charge in [0.1, 0.15) is 0 Å². The Hall–Kier alpha value is -0.0800. The number of nitrogens with one attached hydrogen (secondary N) is 1. The summed E-state index contributed by atoms with van der Waals surface area (Å²) in [4.78, 5) is 2.67. The lowest BCUT2D eigenvalue weighted by atomic mass is 9.92. The summed E-state index contributed by atoms with van der Waals surface area (Å²) in [5.41, 5.74) is 0. The van der Waals surface area contributed by atoms with Crippen LogP contribution in [0.5, 0.6) is 0 Å². The second-order valence-electron chi connectivity index (χ2n) is 5.45. The van der Waals surface area contributed by atoms with Crippen LogP contribution < -0.4 is 5.32 Å². The Balaban J connectivity index is 1.83. The minimum Gasteiger partial charge on any atom is -0.316 e. The second-order valence-corrected chi connectivity index (χ2v) is 5.45. The molecule has 2 aliphatic heterocycles. The van der Waals surface area contributed by atoms with Gasteiger partial charge >= 0.3 is 0 Å². The van der Waals surface area contributed by atoms with E-state index in [4.69, 9.17) is 0 Å². The Morgan fingerprint density at radius 2 is 1.71 bits per heavy atom. The average Bonchev–Trinajstić information content (AvgIpc) is 2.50. The van der Waals surface area contributed by atoms with Crippen LogP contribution in [0.1, 0.15) is 26.7 Å². The van der Waals surface area contributed by atoms with Crippen LogP contribution in [0.25, 0.3) is 0 Å². The Morgan fingerprint density at radius 1 is 1.14 bits per heavy atom. The van der Waals surface area contributed by atoms with Gasteiger partial charge in [-0.3, -0.25) is 0 Å². The highest BCUT2D eigenvalue weighted by Crippen LogP contribution is 2.27. The fourth-order valence-electron chi connectivity index (χ4n) is 2.97. The molecule has 2 heterocycles. The van der Waals surface area contributed by atoms with Gasteiger partial charge in [0.15, 0.2) is 0 Å². The number of fused-ring (bicyclic) bond motifs is 1. The van der Waals surface area contributed by atoms with Gasteiger partial charge in [-0.2, -0.15) is 0 Å². The van der Waals surface area contributed by atoms with E-state index in [-0.39, 0.29) is 0 Å². The number of nitrogens with zero attached hydrogens (tertiary/aromatic N) is 1. The van der Waals surface area contributed by atoms with Gasteiger partial charge in [-0.05, 0) is 56.8 Å². The minimum atomic E-state index is 0.825. The third-order valence-electron chi connectivity index (χ3n) is 3.74. The summed E-state index contributed by atoms with van der Waals surface area (Å²) in [6.45, 7) is 11.2. The van der Waals surface area contributed by atoms with Gasteiger partial charge in [-0.25, -0.2) is 0 Å². The molecule has 82 valence electrons. The molecule has 2 heteroatoms. The lowest BCUT2D eigenvalue weighted by molar-refractivity contribution is 0.248. The van der Waals surface area contributed by atoms with E-state index in [0.29, 0.717) is 0 Å². The van der Waals surface area contributed by atoms with Crippen LogP contribution in [-0.2, 0) is 0 Å². The zero-order valence-corrected chi connectivity index (χ0v) is 9.63. The van der Waals surface area contributed by atoms with Crippen molar-refractivity contribution in [3.05, 3.63) is 0 Å². The molecule has 14 heavy (non-hydrogen) atoms. The van der Waals surface area contributed by atoms with Crippen LogP contribution >= 0.6 is 0 Å². The molecule has 0 bridgehead atoms. The van der Waals surface area contributed by atoms with E-state index in [1.807, 2.05) is 0 Å². The van der Waals surface area contributed by atoms with Crippen LogP contribution in [-0.4, -0.2) is 37.6 Å². The summed E-state index contributed by atoms with van der Waals surface area (Å²) in [5, 5.41) is 3.53. The highest BCUT2D eigenvalue weighted by molar-refractivity contribution is 4.85. The molecule has 2 atom stereocenters. The van der Waals surface area contributed by atoms with Gasteiger partial charge in [-0.15, -0.1) is 0 Å². The molecule has 2 saturated heterocycles. The van der Waals surface area contributed by atoms with E-state index >= 15 is 0 Å². The fraction of sp³-hybridized carbons (Fsp3) is 1.00. The molecule has 0 amide bonds. The first-order chi connectivity index (χ1) is 6.75. The summed E-state index contributed by atoms with van der Waals surface area (Å²) in [7, 11) is 0. The van der Waals surface area contributed by atoms with E-state index in [2.05, 4.69) is 24.1 Å². The highest BCUT2D eigenvalue weighted by atomic mass is 15.1. The highest BCUT2D eigenvalue weighted by Gasteiger charge is 2.29. The van der Waals surface area contributed by atoms with E-state index in [0.717, 1.165) is 17.8 Å². The van der Waals surface area contributed by atoms with Crippen molar-refractivity contribution in [1.82, 2.24) is 10.2 Å². The molecule has 2 nitrogen and oxygen atoms in total. The molecule has 1 N–H and O–H groups in total. The second kappa shape index (κ2) is 4.63. The molecule has 0 saturated carbocycles. The molecule has 0 aromatic heterocycles. The molecule has 0 aromatic rings. The largest absolute Gasteiger partial charge is 0.316 e. The van der Waals surface area contributed by atoms with Gasteiger partial charge in [0.05, 0.1) is 0 Å². The van der Waals surface area contributed by atoms with E-state index < -0.39 is 0 Å². The average molecular weight is 196 g/mol. The number of hydrogen-bond acceptors (Lipinski definition) is 2. The van der Waals surface area contributed by atoms with Crippen molar-refractivity contribution >= 4 is 0 Å². The number of rotatable bonds is 2. The standard InChI is InChI=1S/C12H24N2/c1-10(2)9-14-5-3-11-7-13-8-12(11)4-6-14/h10-13H,3-9H2,1-2H3. The molecule has 2 fully saturated rings. The number of likely N-dealkylation sites (tertiary alicyclic amines) is 1. The van der Waals surface area contributed by atoms with Crippen molar-refractivity contribution in [2.75, 3.05) is 32.7 Å². The van der Waals surface area contributed by atoms with E-state index in [1.165, 1.54) is 45.6 Å². The number of hydrogen-bond donors (Lipinski definition) is 1. The van der Waals surface area contributed by atoms with Crippen molar-refractivity contribution in [3.8, 4) is 0 Å². The maximum Gasteiger partial charge on any atom is 0.000439 e. The zero-order valence-electron chi connectivity index (χ0n) is 9.63. The summed E-state index contributed by atoms with van der Waals surface area (Å²) in [6.07, 6.45) is 2.84. The van der Waals surface area contributed by atoms with Gasteiger partial charge in [0.2, 0.25) is 0 Å². The lowest BCUT2D eigenvalue weighted by Gasteiger charge is -2.22. The first-order valence-electron chi connectivity index (χ1n) is 6.19. The quantitative estimate of drug-likeness (QED) is 0.721. The first kappa shape index (κ1) is 10.4. The normalized spacial score (nSPS) is 34.5. The van der Waals surface area contributed by atoms with Gasteiger partial charge < -0.3 is 10.2 Å². The molecular formula is C12H24N2. The topological polar surface area (TPSA) is 15.3 Å². The van der Waals surface area contributed by atoms with Gasteiger partial charge in [-0.1, -0.05) is 13.8 Å². The summed E-state index contributed by atoms with van der Waals surface area (Å²) < 4.78 is 0. The summed E-state index contributed by atoms with van der Waals surface area (Å²) >= 11 is 0. The van der Waals surface area contributed by atoms with Crippen molar-refractivity contribution < 1.29 is 0 Å². The predicted molar refractivity (Wildman–Crippen MR) is 60.4 cm³/mol. The van der Waals surface area contributed by atoms with Crippen LogP contribution in [0.4, 0.5) is 0 Å². The Labute approximate surface area is 88.1 Å². The van der Waals surface area contributed by atoms with E-state index in [9.17, 15) is 0 Å². The SMILES string of the molecule is CC(C)CN1CCC2CNCC2CC1. The van der Waals surface area contributed by atoms with Crippen LogP contribution in [0.3, 0.4) is 0 Å². The maximum absolute atomic E-state index is 3.53. The molecule has 2 unspecified atom stereocenters. The monoisotopic (exact) mass is 196 g/mol. The molecule has 0 aliphatic carbocycles. The van der Waals surface area contributed by atoms with Crippen molar-refractivity contribution in [2.45, 2.75) is 26.7 Å². The Kier molecular flexibility index (Phi) is 3.45. The van der Waals surface area contributed by atoms with Gasteiger partial charge in [0.25, 0.3) is 0 Å². The summed E-state index contributed by atoms with van der Waals surface area (Å²) in [5.74, 6) is 2.78. The van der Waals surface area contributed by atoms with Crippen LogP contribution in [0.2, 0.25) is 0 Å². The molecular weight excluding hydrogens is 172 g/mol. The fourth-order valence-corrected chi connectivity index (χ4v) is 2.97. The summed E-state index contributed by atoms with van der Waals surface area (Å²) in [6, 6.07) is 0. The zero-order chi connectivity index (χ0) is 9.97. The Morgan fingerprint density at radius 3 is 2.21 bits per heavy atom. The van der Waals surface area contributed by atoms with Crippen molar-refractivity contribution in [1.29, 1.82) is 0 Å².